The van der Waals surface area contributed by atoms with Gasteiger partial charge in [0.25, 0.3) is 5.69 Å². The van der Waals surface area contributed by atoms with E-state index in [2.05, 4.69) is 10.2 Å². The van der Waals surface area contributed by atoms with Crippen molar-refractivity contribution in [1.82, 2.24) is 10.2 Å². The van der Waals surface area contributed by atoms with Gasteiger partial charge in [-0.25, -0.2) is 0 Å². The van der Waals surface area contributed by atoms with Crippen molar-refractivity contribution in [1.29, 1.82) is 0 Å². The number of nitro benzene ring substituents is 1. The van der Waals surface area contributed by atoms with Gasteiger partial charge in [-0.3, -0.25) is 10.1 Å². The zero-order chi connectivity index (χ0) is 20.5. The Hall–Kier alpha value is -3.94. The van der Waals surface area contributed by atoms with Crippen LogP contribution in [0.5, 0.6) is 11.5 Å². The zero-order valence-corrected chi connectivity index (χ0v) is 16.1. The number of benzene rings is 2. The molecule has 0 N–H and O–H groups in total. The van der Waals surface area contributed by atoms with E-state index in [4.69, 9.17) is 9.47 Å². The third-order valence-corrected chi connectivity index (χ3v) is 4.78. The molecular weight excluding hydrogens is 372 g/mol. The van der Waals surface area contributed by atoms with Crippen molar-refractivity contribution < 1.29 is 19.0 Å². The molecule has 0 unspecified atom stereocenters. The lowest BCUT2D eigenvalue weighted by Gasteiger charge is -2.15. The third kappa shape index (κ3) is 3.14. The molecular formula is C21H18N4O4. The van der Waals surface area contributed by atoms with Crippen LogP contribution in [-0.4, -0.2) is 24.2 Å². The lowest BCUT2D eigenvalue weighted by molar-refractivity contribution is -0.593. The second-order valence-corrected chi connectivity index (χ2v) is 6.46. The molecule has 8 nitrogen and oxygen atoms in total. The van der Waals surface area contributed by atoms with E-state index < -0.39 is 4.92 Å². The maximum absolute atomic E-state index is 11.1. The van der Waals surface area contributed by atoms with E-state index in [9.17, 15) is 10.1 Å². The van der Waals surface area contributed by atoms with E-state index in [1.165, 1.54) is 12.1 Å². The lowest BCUT2D eigenvalue weighted by Crippen LogP contribution is -2.37. The summed E-state index contributed by atoms with van der Waals surface area (Å²) in [6.45, 7) is 1.97. The normalized spacial score (nSPS) is 10.9. The molecule has 0 bridgehead atoms. The van der Waals surface area contributed by atoms with E-state index in [0.29, 0.717) is 17.3 Å². The van der Waals surface area contributed by atoms with Gasteiger partial charge in [0, 0.05) is 29.1 Å². The molecule has 0 radical (unpaired) electrons. The number of aryl methyl sites for hydroxylation is 1. The molecule has 0 spiro atoms. The minimum absolute atomic E-state index is 0.0320. The summed E-state index contributed by atoms with van der Waals surface area (Å²) in [6.07, 6.45) is 1.63. The summed E-state index contributed by atoms with van der Waals surface area (Å²) in [6, 6.07) is 14.1. The molecule has 0 aliphatic heterocycles. The van der Waals surface area contributed by atoms with Crippen molar-refractivity contribution >= 4 is 16.5 Å². The van der Waals surface area contributed by atoms with Gasteiger partial charge >= 0.3 is 5.82 Å². The minimum atomic E-state index is -0.414. The highest BCUT2D eigenvalue weighted by atomic mass is 16.6. The molecule has 0 amide bonds. The Labute approximate surface area is 166 Å². The lowest BCUT2D eigenvalue weighted by atomic mass is 10.0. The Bertz CT molecular complexity index is 1200. The van der Waals surface area contributed by atoms with E-state index in [1.807, 2.05) is 35.8 Å². The predicted molar refractivity (Wildman–Crippen MR) is 107 cm³/mol. The Kier molecular flexibility index (Phi) is 4.59. The van der Waals surface area contributed by atoms with E-state index in [0.717, 1.165) is 27.7 Å². The summed E-state index contributed by atoms with van der Waals surface area (Å²) >= 11 is 0. The van der Waals surface area contributed by atoms with Crippen LogP contribution in [0.4, 0.5) is 5.69 Å². The fourth-order valence-electron chi connectivity index (χ4n) is 3.47. The van der Waals surface area contributed by atoms with Crippen LogP contribution in [0.2, 0.25) is 0 Å². The quantitative estimate of drug-likeness (QED) is 0.295. The topological polar surface area (TPSA) is 92.5 Å². The van der Waals surface area contributed by atoms with Crippen LogP contribution >= 0.6 is 0 Å². The first-order valence-electron chi connectivity index (χ1n) is 8.84. The monoisotopic (exact) mass is 390 g/mol. The van der Waals surface area contributed by atoms with Crippen LogP contribution < -0.4 is 19.1 Å². The highest BCUT2D eigenvalue weighted by Gasteiger charge is 2.22. The number of methoxy groups -OCH3 is 2. The van der Waals surface area contributed by atoms with Crippen molar-refractivity contribution in [2.45, 2.75) is 6.92 Å². The molecule has 8 heteroatoms. The van der Waals surface area contributed by atoms with Crippen LogP contribution in [0.25, 0.3) is 27.8 Å². The average molecular weight is 390 g/mol. The molecule has 2 aromatic carbocycles. The number of non-ortho nitro benzene ring substituents is 1. The SMILES string of the molecule is COc1cc2cc(C)[n+](-c3cc[n-]n3)c(-c3ccc([N+](=O)[O-])cc3)c2cc1OC. The summed E-state index contributed by atoms with van der Waals surface area (Å²) in [7, 11) is 3.18. The third-order valence-electron chi connectivity index (χ3n) is 4.78. The fourth-order valence-corrected chi connectivity index (χ4v) is 3.47. The van der Waals surface area contributed by atoms with Gasteiger partial charge in [0.2, 0.25) is 0 Å². The standard InChI is InChI=1S/C21H18N4O4/c1-13-10-15-11-18(28-2)19(29-3)12-17(15)21(24(13)20-8-9-22-23-20)14-4-6-16(7-5-14)25(26)27/h4-12H,1-3H3. The molecule has 0 saturated heterocycles. The Morgan fingerprint density at radius 2 is 1.72 bits per heavy atom. The van der Waals surface area contributed by atoms with Crippen LogP contribution in [0.15, 0.2) is 54.7 Å². The second kappa shape index (κ2) is 7.23. The second-order valence-electron chi connectivity index (χ2n) is 6.46. The predicted octanol–water partition coefficient (Wildman–Crippen LogP) is 3.37. The van der Waals surface area contributed by atoms with E-state index >= 15 is 0 Å². The number of aromatic nitrogens is 3. The zero-order valence-electron chi connectivity index (χ0n) is 16.1. The summed E-state index contributed by atoms with van der Waals surface area (Å²) in [5.41, 5.74) is 2.60. The van der Waals surface area contributed by atoms with Gasteiger partial charge in [0.15, 0.2) is 11.5 Å². The number of fused-ring (bicyclic) bond motifs is 1. The fraction of sp³-hybridized carbons (Fsp3) is 0.143. The number of nitrogens with zero attached hydrogens (tertiary/aromatic N) is 4. The van der Waals surface area contributed by atoms with Gasteiger partial charge in [-0.05, 0) is 42.6 Å². The molecule has 0 aliphatic rings. The Balaban J connectivity index is 2.09. The summed E-state index contributed by atoms with van der Waals surface area (Å²) < 4.78 is 12.9. The van der Waals surface area contributed by atoms with Crippen molar-refractivity contribution in [3.8, 4) is 28.6 Å². The van der Waals surface area contributed by atoms with Gasteiger partial charge in [0.05, 0.1) is 19.1 Å². The highest BCUT2D eigenvalue weighted by Crippen LogP contribution is 2.36. The molecule has 0 fully saturated rings. The van der Waals surface area contributed by atoms with Crippen molar-refractivity contribution in [3.05, 3.63) is 70.5 Å². The van der Waals surface area contributed by atoms with Gasteiger partial charge in [-0.1, -0.05) is 0 Å². The van der Waals surface area contributed by atoms with Crippen molar-refractivity contribution in [3.63, 3.8) is 0 Å². The molecule has 4 rings (SSSR count). The molecule has 0 atom stereocenters. The maximum Gasteiger partial charge on any atom is 0.311 e. The first-order chi connectivity index (χ1) is 14.0. The number of ether oxygens (including phenoxy) is 2. The van der Waals surface area contributed by atoms with Crippen LogP contribution in [0.1, 0.15) is 5.69 Å². The first-order valence-corrected chi connectivity index (χ1v) is 8.84. The number of hydrogen-bond acceptors (Lipinski definition) is 5. The largest absolute Gasteiger partial charge is 0.493 e. The minimum Gasteiger partial charge on any atom is -0.493 e. The molecule has 146 valence electrons. The van der Waals surface area contributed by atoms with E-state index in [-0.39, 0.29) is 5.69 Å². The smallest absolute Gasteiger partial charge is 0.311 e. The molecule has 0 aliphatic carbocycles. The van der Waals surface area contributed by atoms with E-state index in [1.54, 1.807) is 32.5 Å². The number of hydrogen-bond donors (Lipinski definition) is 0. The van der Waals surface area contributed by atoms with Gasteiger partial charge in [-0.15, -0.1) is 11.3 Å². The average Bonchev–Trinajstić information content (AvgIpc) is 3.26. The first kappa shape index (κ1) is 18.4. The summed E-state index contributed by atoms with van der Waals surface area (Å²) in [4.78, 5) is 10.7. The van der Waals surface area contributed by atoms with Gasteiger partial charge in [0.1, 0.15) is 11.4 Å². The molecule has 29 heavy (non-hydrogen) atoms. The van der Waals surface area contributed by atoms with Gasteiger partial charge < -0.3 is 14.6 Å². The highest BCUT2D eigenvalue weighted by molar-refractivity contribution is 5.95. The Morgan fingerprint density at radius 1 is 1.03 bits per heavy atom. The van der Waals surface area contributed by atoms with Gasteiger partial charge in [-0.2, -0.15) is 4.57 Å². The molecule has 2 aromatic heterocycles. The van der Waals surface area contributed by atoms with Crippen LogP contribution in [0, 0.1) is 17.0 Å². The Morgan fingerprint density at radius 3 is 2.31 bits per heavy atom. The molecule has 4 aromatic rings. The molecule has 2 heterocycles. The van der Waals surface area contributed by atoms with Crippen LogP contribution in [-0.2, 0) is 0 Å². The van der Waals surface area contributed by atoms with Crippen molar-refractivity contribution in [2.75, 3.05) is 14.2 Å². The number of pyridine rings is 1. The maximum atomic E-state index is 11.1. The number of rotatable bonds is 5. The van der Waals surface area contributed by atoms with Crippen LogP contribution in [0.3, 0.4) is 0 Å². The van der Waals surface area contributed by atoms with Crippen molar-refractivity contribution in [2.24, 2.45) is 0 Å². The molecule has 0 saturated carbocycles. The number of nitro groups is 1. The summed E-state index contributed by atoms with van der Waals surface area (Å²) in [5.74, 6) is 1.87. The summed E-state index contributed by atoms with van der Waals surface area (Å²) in [5, 5.41) is 21.1.